The van der Waals surface area contributed by atoms with E-state index in [1.807, 2.05) is 0 Å². The van der Waals surface area contributed by atoms with Crippen molar-refractivity contribution in [1.82, 2.24) is 5.32 Å². The van der Waals surface area contributed by atoms with Gasteiger partial charge in [0, 0.05) is 0 Å². The summed E-state index contributed by atoms with van der Waals surface area (Å²) in [5.74, 6) is -2.51. The van der Waals surface area contributed by atoms with Gasteiger partial charge in [0.25, 0.3) is 0 Å². The summed E-state index contributed by atoms with van der Waals surface area (Å²) in [5, 5.41) is 21.5. The molecule has 17 heavy (non-hydrogen) atoms. The lowest BCUT2D eigenvalue weighted by Gasteiger charge is -2.38. The third-order valence-electron chi connectivity index (χ3n) is 2.32. The van der Waals surface area contributed by atoms with Crippen LogP contribution in [0, 0.1) is 0 Å². The summed E-state index contributed by atoms with van der Waals surface area (Å²) in [7, 11) is 1.29. The minimum Gasteiger partial charge on any atom is -0.479 e. The van der Waals surface area contributed by atoms with Gasteiger partial charge in [-0.05, 0) is 41.7 Å². The number of nitrogens with one attached hydrogen (secondary N) is 1. The van der Waals surface area contributed by atoms with E-state index in [2.05, 4.69) is 5.32 Å². The van der Waals surface area contributed by atoms with Crippen molar-refractivity contribution in [3.05, 3.63) is 0 Å². The summed E-state index contributed by atoms with van der Waals surface area (Å²) < 4.78 is 5.04. The second-order valence-corrected chi connectivity index (χ2v) is 5.37. The SMILES string of the molecule is CN[C@@](C(=O)O)(C(=O)OC(C)(C)C)C(C)(C)O. The lowest BCUT2D eigenvalue weighted by molar-refractivity contribution is -0.183. The van der Waals surface area contributed by atoms with E-state index in [0.29, 0.717) is 0 Å². The first kappa shape index (κ1) is 15.9. The van der Waals surface area contributed by atoms with E-state index in [4.69, 9.17) is 4.74 Å². The molecule has 3 N–H and O–H groups in total. The van der Waals surface area contributed by atoms with Crippen LogP contribution in [0.15, 0.2) is 0 Å². The van der Waals surface area contributed by atoms with Gasteiger partial charge in [-0.1, -0.05) is 0 Å². The molecule has 0 aliphatic heterocycles. The first-order valence-corrected chi connectivity index (χ1v) is 5.26. The first-order chi connectivity index (χ1) is 7.38. The van der Waals surface area contributed by atoms with E-state index >= 15 is 0 Å². The molecule has 100 valence electrons. The quantitative estimate of drug-likeness (QED) is 0.483. The zero-order valence-electron chi connectivity index (χ0n) is 11.1. The molecule has 0 bridgehead atoms. The van der Waals surface area contributed by atoms with Crippen molar-refractivity contribution >= 4 is 11.9 Å². The maximum absolute atomic E-state index is 12.0. The molecule has 0 aliphatic rings. The number of hydrogen-bond donors (Lipinski definition) is 3. The molecule has 0 radical (unpaired) electrons. The van der Waals surface area contributed by atoms with Gasteiger partial charge in [0.15, 0.2) is 0 Å². The molecular formula is C11H21NO5. The van der Waals surface area contributed by atoms with Gasteiger partial charge in [0.1, 0.15) is 5.60 Å². The van der Waals surface area contributed by atoms with Crippen LogP contribution >= 0.6 is 0 Å². The van der Waals surface area contributed by atoms with Crippen LogP contribution in [0.4, 0.5) is 0 Å². The molecule has 6 nitrogen and oxygen atoms in total. The number of aliphatic hydroxyl groups is 1. The largest absolute Gasteiger partial charge is 0.479 e. The van der Waals surface area contributed by atoms with Crippen LogP contribution in [0.2, 0.25) is 0 Å². The summed E-state index contributed by atoms with van der Waals surface area (Å²) in [6.45, 7) is 7.34. The Hall–Kier alpha value is -1.14. The fourth-order valence-corrected chi connectivity index (χ4v) is 1.47. The van der Waals surface area contributed by atoms with Crippen molar-refractivity contribution in [3.63, 3.8) is 0 Å². The Morgan fingerprint density at radius 1 is 1.12 bits per heavy atom. The smallest absolute Gasteiger partial charge is 0.341 e. The van der Waals surface area contributed by atoms with Crippen molar-refractivity contribution in [2.45, 2.75) is 51.4 Å². The Morgan fingerprint density at radius 2 is 1.53 bits per heavy atom. The highest BCUT2D eigenvalue weighted by molar-refractivity contribution is 6.05. The van der Waals surface area contributed by atoms with E-state index in [1.54, 1.807) is 20.8 Å². The monoisotopic (exact) mass is 247 g/mol. The second-order valence-electron chi connectivity index (χ2n) is 5.37. The number of likely N-dealkylation sites (N-methyl/N-ethyl adjacent to an activating group) is 1. The van der Waals surface area contributed by atoms with Gasteiger partial charge in [0.2, 0.25) is 5.54 Å². The van der Waals surface area contributed by atoms with Gasteiger partial charge >= 0.3 is 11.9 Å². The van der Waals surface area contributed by atoms with Crippen molar-refractivity contribution in [3.8, 4) is 0 Å². The van der Waals surface area contributed by atoms with E-state index < -0.39 is 28.7 Å². The normalized spacial score (nSPS) is 16.2. The second kappa shape index (κ2) is 4.62. The number of esters is 1. The molecule has 1 atom stereocenters. The fourth-order valence-electron chi connectivity index (χ4n) is 1.47. The summed E-state index contributed by atoms with van der Waals surface area (Å²) in [4.78, 5) is 23.3. The van der Waals surface area contributed by atoms with E-state index in [-0.39, 0.29) is 0 Å². The minimum absolute atomic E-state index is 0.833. The Bertz CT molecular complexity index is 313. The fraction of sp³-hybridized carbons (Fsp3) is 0.818. The third-order valence-corrected chi connectivity index (χ3v) is 2.32. The predicted molar refractivity (Wildman–Crippen MR) is 61.6 cm³/mol. The molecule has 0 aliphatic carbocycles. The molecule has 6 heteroatoms. The Balaban J connectivity index is 5.50. The molecule has 0 aromatic carbocycles. The zero-order chi connectivity index (χ0) is 14.1. The van der Waals surface area contributed by atoms with Crippen molar-refractivity contribution < 1.29 is 24.5 Å². The van der Waals surface area contributed by atoms with E-state index in [9.17, 15) is 19.8 Å². The molecule has 0 fully saturated rings. The van der Waals surface area contributed by atoms with E-state index in [1.165, 1.54) is 20.9 Å². The summed E-state index contributed by atoms with van der Waals surface area (Å²) in [6.07, 6.45) is 0. The van der Waals surface area contributed by atoms with Crippen LogP contribution < -0.4 is 5.32 Å². The van der Waals surface area contributed by atoms with Crippen molar-refractivity contribution in [2.75, 3.05) is 7.05 Å². The van der Waals surface area contributed by atoms with Crippen LogP contribution in [0.25, 0.3) is 0 Å². The molecule has 0 saturated carbocycles. The number of carbonyl (C=O) groups is 2. The van der Waals surface area contributed by atoms with Gasteiger partial charge in [-0.3, -0.25) is 5.32 Å². The van der Waals surface area contributed by atoms with Gasteiger partial charge in [-0.2, -0.15) is 0 Å². The van der Waals surface area contributed by atoms with Crippen LogP contribution in [0.3, 0.4) is 0 Å². The number of aliphatic carboxylic acids is 1. The Labute approximate surface area is 101 Å². The highest BCUT2D eigenvalue weighted by atomic mass is 16.6. The topological polar surface area (TPSA) is 95.9 Å². The number of carboxylic acids is 1. The minimum atomic E-state index is -2.19. The van der Waals surface area contributed by atoms with Crippen molar-refractivity contribution in [2.24, 2.45) is 0 Å². The number of ether oxygens (including phenoxy) is 1. The third kappa shape index (κ3) is 3.17. The van der Waals surface area contributed by atoms with Gasteiger partial charge < -0.3 is 14.9 Å². The highest BCUT2D eigenvalue weighted by Gasteiger charge is 2.58. The van der Waals surface area contributed by atoms with Crippen LogP contribution in [0.5, 0.6) is 0 Å². The average molecular weight is 247 g/mol. The number of hydrogen-bond acceptors (Lipinski definition) is 5. The van der Waals surface area contributed by atoms with Gasteiger partial charge in [0.05, 0.1) is 5.60 Å². The Morgan fingerprint density at radius 3 is 1.71 bits per heavy atom. The molecule has 0 saturated heterocycles. The maximum atomic E-state index is 12.0. The summed E-state index contributed by atoms with van der Waals surface area (Å²) >= 11 is 0. The molecular weight excluding hydrogens is 226 g/mol. The standard InChI is InChI=1S/C11H21NO5/c1-9(2,3)17-8(15)11(12-6,7(13)14)10(4,5)16/h12,16H,1-6H3,(H,13,14)/t11-/m0/s1. The van der Waals surface area contributed by atoms with Crippen LogP contribution in [-0.2, 0) is 14.3 Å². The lowest BCUT2D eigenvalue weighted by Crippen LogP contribution is -2.70. The molecule has 0 aromatic rings. The molecule has 0 heterocycles. The summed E-state index contributed by atoms with van der Waals surface area (Å²) in [6, 6.07) is 0. The van der Waals surface area contributed by atoms with Gasteiger partial charge in [-0.25, -0.2) is 9.59 Å². The molecule has 0 spiro atoms. The average Bonchev–Trinajstić information content (AvgIpc) is 1.97. The van der Waals surface area contributed by atoms with E-state index in [0.717, 1.165) is 0 Å². The lowest BCUT2D eigenvalue weighted by atomic mass is 9.82. The van der Waals surface area contributed by atoms with Crippen LogP contribution in [0.1, 0.15) is 34.6 Å². The highest BCUT2D eigenvalue weighted by Crippen LogP contribution is 2.26. The van der Waals surface area contributed by atoms with Crippen molar-refractivity contribution in [1.29, 1.82) is 0 Å². The maximum Gasteiger partial charge on any atom is 0.341 e. The number of rotatable bonds is 4. The molecule has 0 amide bonds. The van der Waals surface area contributed by atoms with Gasteiger partial charge in [-0.15, -0.1) is 0 Å². The molecule has 0 rings (SSSR count). The number of carbonyl (C=O) groups excluding carboxylic acids is 1. The number of carboxylic acid groups (broad SMARTS) is 1. The molecule has 0 aromatic heterocycles. The predicted octanol–water partition coefficient (Wildman–Crippen LogP) is 0.142. The zero-order valence-corrected chi connectivity index (χ0v) is 11.1. The first-order valence-electron chi connectivity index (χ1n) is 5.26. The summed E-state index contributed by atoms with van der Waals surface area (Å²) in [5.41, 5.74) is -4.84. The van der Waals surface area contributed by atoms with Crippen LogP contribution in [-0.4, -0.2) is 45.9 Å². The molecule has 0 unspecified atom stereocenters. The Kier molecular flexibility index (Phi) is 4.31.